The molecule has 49 heavy (non-hydrogen) atoms. The first-order valence-corrected chi connectivity index (χ1v) is 17.5. The molecular formula is C42H51N3O4. The van der Waals surface area contributed by atoms with Crippen molar-refractivity contribution in [2.45, 2.75) is 90.4 Å². The molecule has 0 unspecified atom stereocenters. The first-order valence-electron chi connectivity index (χ1n) is 17.5. The monoisotopic (exact) mass is 661 g/mol. The van der Waals surface area contributed by atoms with Gasteiger partial charge in [-0.15, -0.1) is 0 Å². The zero-order chi connectivity index (χ0) is 34.8. The number of amides is 2. The topological polar surface area (TPSA) is 73.3 Å². The molecule has 7 nitrogen and oxygen atoms in total. The van der Waals surface area contributed by atoms with Crippen molar-refractivity contribution in [1.82, 2.24) is 14.7 Å². The van der Waals surface area contributed by atoms with Crippen molar-refractivity contribution < 1.29 is 19.4 Å². The number of hydrogen-bond donors (Lipinski definition) is 1. The maximum atomic E-state index is 14.6. The molecule has 7 heteroatoms. The van der Waals surface area contributed by atoms with E-state index < -0.39 is 29.9 Å². The Morgan fingerprint density at radius 2 is 1.33 bits per heavy atom. The number of hydrogen-bond acceptors (Lipinski definition) is 5. The fourth-order valence-electron chi connectivity index (χ4n) is 6.66. The van der Waals surface area contributed by atoms with Gasteiger partial charge in [-0.3, -0.25) is 14.6 Å². The van der Waals surface area contributed by atoms with Crippen molar-refractivity contribution in [3.63, 3.8) is 0 Å². The van der Waals surface area contributed by atoms with Gasteiger partial charge in [-0.2, -0.15) is 0 Å². The van der Waals surface area contributed by atoms with Crippen molar-refractivity contribution in [2.24, 2.45) is 0 Å². The van der Waals surface area contributed by atoms with Crippen LogP contribution in [0.15, 0.2) is 115 Å². The van der Waals surface area contributed by atoms with Crippen LogP contribution in [-0.4, -0.2) is 68.7 Å². The van der Waals surface area contributed by atoms with Gasteiger partial charge < -0.3 is 14.7 Å². The number of aliphatic hydroxyl groups is 1. The molecule has 3 atom stereocenters. The van der Waals surface area contributed by atoms with E-state index in [2.05, 4.69) is 60.4 Å². The molecule has 5 rings (SSSR count). The van der Waals surface area contributed by atoms with Crippen molar-refractivity contribution in [3.8, 4) is 0 Å². The minimum Gasteiger partial charge on any atom is -0.444 e. The summed E-state index contributed by atoms with van der Waals surface area (Å²) in [6.45, 7) is 9.71. The van der Waals surface area contributed by atoms with Crippen molar-refractivity contribution in [3.05, 3.63) is 143 Å². The highest BCUT2D eigenvalue weighted by Gasteiger charge is 2.47. The van der Waals surface area contributed by atoms with E-state index in [1.165, 1.54) is 10.5 Å². The first-order chi connectivity index (χ1) is 23.6. The zero-order valence-corrected chi connectivity index (χ0v) is 29.4. The Morgan fingerprint density at radius 1 is 0.796 bits per heavy atom. The van der Waals surface area contributed by atoms with Gasteiger partial charge in [-0.1, -0.05) is 129 Å². The molecule has 0 aromatic heterocycles. The fourth-order valence-corrected chi connectivity index (χ4v) is 6.66. The highest BCUT2D eigenvalue weighted by atomic mass is 16.6. The Morgan fingerprint density at radius 3 is 1.88 bits per heavy atom. The second kappa shape index (κ2) is 16.8. The third kappa shape index (κ3) is 10.0. The molecule has 0 saturated carbocycles. The molecule has 1 heterocycles. The Balaban J connectivity index is 1.58. The average Bonchev–Trinajstić information content (AvgIpc) is 3.08. The summed E-state index contributed by atoms with van der Waals surface area (Å²) in [6, 6.07) is 37.1. The SMILES string of the molecule is CCCc1cccc(C[C@H]([C@H](O)[C@H]2C(=O)N(Cc3ccccc3)CCN2C(=O)OC(C)(C)C)N(Cc2ccccc2)Cc2ccccc2)c1. The lowest BCUT2D eigenvalue weighted by atomic mass is 9.90. The van der Waals surface area contributed by atoms with E-state index in [4.69, 9.17) is 4.74 Å². The second-order valence-electron chi connectivity index (χ2n) is 14.1. The largest absolute Gasteiger partial charge is 0.444 e. The third-order valence-electron chi connectivity index (χ3n) is 8.97. The standard InChI is InChI=1S/C42H51N3O4/c1-5-16-32-23-15-24-36(27-32)28-37(44(30-34-19-11-7-12-20-34)31-35-21-13-8-14-22-35)39(46)38-40(47)43(29-33-17-9-6-10-18-33)25-26-45(38)41(48)49-42(2,3)4/h6-15,17-24,27,37-39,46H,5,16,25-26,28-31H2,1-4H3/t37-,38+,39+/m1/s1. The van der Waals surface area contributed by atoms with Crippen LogP contribution in [0.1, 0.15) is 61.9 Å². The number of aryl methyl sites for hydroxylation is 1. The van der Waals surface area contributed by atoms with E-state index in [-0.39, 0.29) is 12.5 Å². The number of carbonyl (C=O) groups is 2. The predicted molar refractivity (Wildman–Crippen MR) is 195 cm³/mol. The smallest absolute Gasteiger partial charge is 0.411 e. The Bertz CT molecular complexity index is 1580. The van der Waals surface area contributed by atoms with Gasteiger partial charge in [-0.05, 0) is 61.4 Å². The molecule has 4 aromatic rings. The van der Waals surface area contributed by atoms with Crippen LogP contribution < -0.4 is 0 Å². The number of carbonyl (C=O) groups excluding carboxylic acids is 2. The summed E-state index contributed by atoms with van der Waals surface area (Å²) in [7, 11) is 0. The van der Waals surface area contributed by atoms with Crippen LogP contribution in [0.25, 0.3) is 0 Å². The molecule has 1 aliphatic heterocycles. The quantitative estimate of drug-likeness (QED) is 0.163. The molecule has 1 saturated heterocycles. The number of piperazine rings is 1. The average molecular weight is 662 g/mol. The summed E-state index contributed by atoms with van der Waals surface area (Å²) in [5, 5.41) is 12.7. The summed E-state index contributed by atoms with van der Waals surface area (Å²) >= 11 is 0. The highest BCUT2D eigenvalue weighted by molar-refractivity contribution is 5.87. The fraction of sp³-hybridized carbons (Fsp3) is 0.381. The molecule has 1 fully saturated rings. The Hall–Kier alpha value is -4.46. The Labute approximate surface area is 292 Å². The Kier molecular flexibility index (Phi) is 12.3. The van der Waals surface area contributed by atoms with E-state index in [9.17, 15) is 14.7 Å². The van der Waals surface area contributed by atoms with Crippen molar-refractivity contribution in [2.75, 3.05) is 13.1 Å². The van der Waals surface area contributed by atoms with Crippen LogP contribution in [0, 0.1) is 0 Å². The van der Waals surface area contributed by atoms with Gasteiger partial charge >= 0.3 is 6.09 Å². The second-order valence-corrected chi connectivity index (χ2v) is 14.1. The zero-order valence-electron chi connectivity index (χ0n) is 29.4. The van der Waals surface area contributed by atoms with Crippen molar-refractivity contribution in [1.29, 1.82) is 0 Å². The maximum absolute atomic E-state index is 14.6. The number of rotatable bonds is 13. The predicted octanol–water partition coefficient (Wildman–Crippen LogP) is 7.26. The molecular weight excluding hydrogens is 610 g/mol. The van der Waals surface area contributed by atoms with Gasteiger partial charge in [-0.25, -0.2) is 4.79 Å². The summed E-state index contributed by atoms with van der Waals surface area (Å²) in [5.41, 5.74) is 4.75. The van der Waals surface area contributed by atoms with E-state index >= 15 is 0 Å². The summed E-state index contributed by atoms with van der Waals surface area (Å²) in [6.07, 6.45) is 0.665. The molecule has 4 aromatic carbocycles. The lowest BCUT2D eigenvalue weighted by Crippen LogP contribution is -2.66. The summed E-state index contributed by atoms with van der Waals surface area (Å²) in [5.74, 6) is -0.280. The first kappa shape index (κ1) is 35.8. The van der Waals surface area contributed by atoms with Crippen LogP contribution in [0.4, 0.5) is 4.79 Å². The third-order valence-corrected chi connectivity index (χ3v) is 8.97. The molecule has 258 valence electrons. The molecule has 0 aliphatic carbocycles. The highest BCUT2D eigenvalue weighted by Crippen LogP contribution is 2.28. The molecule has 0 bridgehead atoms. The van der Waals surface area contributed by atoms with Crippen LogP contribution in [0.5, 0.6) is 0 Å². The number of aliphatic hydroxyl groups excluding tert-OH is 1. The van der Waals surface area contributed by atoms with E-state index in [0.29, 0.717) is 32.6 Å². The van der Waals surface area contributed by atoms with Gasteiger partial charge in [0.1, 0.15) is 11.6 Å². The molecule has 0 radical (unpaired) electrons. The molecule has 2 amide bonds. The minimum absolute atomic E-state index is 0.255. The van der Waals surface area contributed by atoms with Gasteiger partial charge in [0.25, 0.3) is 0 Å². The molecule has 0 spiro atoms. The lowest BCUT2D eigenvalue weighted by molar-refractivity contribution is -0.150. The van der Waals surface area contributed by atoms with Crippen LogP contribution in [0.2, 0.25) is 0 Å². The number of nitrogens with zero attached hydrogens (tertiary/aromatic N) is 3. The van der Waals surface area contributed by atoms with Gasteiger partial charge in [0, 0.05) is 38.8 Å². The van der Waals surface area contributed by atoms with Crippen molar-refractivity contribution >= 4 is 12.0 Å². The van der Waals surface area contributed by atoms with Crippen LogP contribution >= 0.6 is 0 Å². The molecule has 1 N–H and O–H groups in total. The van der Waals surface area contributed by atoms with E-state index in [1.807, 2.05) is 87.5 Å². The molecule has 1 aliphatic rings. The van der Waals surface area contributed by atoms with E-state index in [1.54, 1.807) is 4.90 Å². The van der Waals surface area contributed by atoms with Crippen LogP contribution in [0.3, 0.4) is 0 Å². The normalized spacial score (nSPS) is 16.4. The van der Waals surface area contributed by atoms with E-state index in [0.717, 1.165) is 35.1 Å². The summed E-state index contributed by atoms with van der Waals surface area (Å²) < 4.78 is 5.84. The number of benzene rings is 4. The lowest BCUT2D eigenvalue weighted by Gasteiger charge is -2.46. The van der Waals surface area contributed by atoms with Gasteiger partial charge in [0.05, 0.1) is 6.10 Å². The van der Waals surface area contributed by atoms with Crippen LogP contribution in [-0.2, 0) is 42.0 Å². The van der Waals surface area contributed by atoms with Gasteiger partial charge in [0.15, 0.2) is 0 Å². The maximum Gasteiger partial charge on any atom is 0.411 e. The summed E-state index contributed by atoms with van der Waals surface area (Å²) in [4.78, 5) is 33.9. The number of ether oxygens (including phenoxy) is 1. The van der Waals surface area contributed by atoms with Gasteiger partial charge in [0.2, 0.25) is 5.91 Å². The minimum atomic E-state index is -1.22.